The molecule has 3 heteroatoms. The first-order valence-electron chi connectivity index (χ1n) is 9.34. The summed E-state index contributed by atoms with van der Waals surface area (Å²) in [6.07, 6.45) is 0.995. The molecule has 0 bridgehead atoms. The van der Waals surface area contributed by atoms with E-state index in [1.54, 1.807) is 24.3 Å². The molecule has 0 aliphatic carbocycles. The summed E-state index contributed by atoms with van der Waals surface area (Å²) >= 11 is 5.73. The van der Waals surface area contributed by atoms with E-state index in [0.29, 0.717) is 16.5 Å². The molecule has 0 fully saturated rings. The van der Waals surface area contributed by atoms with Gasteiger partial charge in [-0.15, -0.1) is 0 Å². The molecule has 0 amide bonds. The minimum atomic E-state index is -0.568. The van der Waals surface area contributed by atoms with Crippen molar-refractivity contribution in [3.8, 4) is 23.0 Å². The van der Waals surface area contributed by atoms with Crippen LogP contribution in [0.4, 0.5) is 8.78 Å². The summed E-state index contributed by atoms with van der Waals surface area (Å²) in [6, 6.07) is 21.3. The zero-order valence-electron chi connectivity index (χ0n) is 15.8. The van der Waals surface area contributed by atoms with Crippen LogP contribution in [0.25, 0.3) is 21.9 Å². The van der Waals surface area contributed by atoms with E-state index in [2.05, 4.69) is 30.9 Å². The molecule has 0 aromatic heterocycles. The third-order valence-electron chi connectivity index (χ3n) is 4.90. The smallest absolute Gasteiger partial charge is 0.142 e. The van der Waals surface area contributed by atoms with Crippen molar-refractivity contribution < 1.29 is 8.78 Å². The van der Waals surface area contributed by atoms with Crippen LogP contribution in [0.3, 0.4) is 0 Å². The summed E-state index contributed by atoms with van der Waals surface area (Å²) in [5.74, 6) is 5.32. The van der Waals surface area contributed by atoms with Crippen LogP contribution >= 0.6 is 11.6 Å². The zero-order valence-corrected chi connectivity index (χ0v) is 16.5. The van der Waals surface area contributed by atoms with Crippen LogP contribution in [0.1, 0.15) is 23.6 Å². The lowest BCUT2D eigenvalue weighted by molar-refractivity contribution is 0.627. The molecule has 29 heavy (non-hydrogen) atoms. The van der Waals surface area contributed by atoms with Gasteiger partial charge in [-0.3, -0.25) is 0 Å². The highest BCUT2D eigenvalue weighted by molar-refractivity contribution is 6.30. The molecule has 0 saturated heterocycles. The summed E-state index contributed by atoms with van der Waals surface area (Å²) in [4.78, 5) is 0. The van der Waals surface area contributed by atoms with Crippen molar-refractivity contribution in [2.75, 3.05) is 0 Å². The largest absolute Gasteiger partial charge is 0.206 e. The van der Waals surface area contributed by atoms with E-state index in [-0.39, 0.29) is 10.8 Å². The van der Waals surface area contributed by atoms with Crippen molar-refractivity contribution in [1.29, 1.82) is 0 Å². The van der Waals surface area contributed by atoms with Crippen molar-refractivity contribution in [1.82, 2.24) is 0 Å². The lowest BCUT2D eigenvalue weighted by Gasteiger charge is -2.08. The van der Waals surface area contributed by atoms with Crippen molar-refractivity contribution in [2.24, 2.45) is 0 Å². The van der Waals surface area contributed by atoms with E-state index in [1.165, 1.54) is 17.7 Å². The molecule has 0 nitrogen and oxygen atoms in total. The minimum absolute atomic E-state index is 0.0162. The Hall–Kier alpha value is -3.15. The average Bonchev–Trinajstić information content (AvgIpc) is 2.75. The fraction of sp³-hybridized carbons (Fsp3) is 0.0769. The number of aryl methyl sites for hydroxylation is 1. The van der Waals surface area contributed by atoms with Gasteiger partial charge < -0.3 is 0 Å². The Labute approximate surface area is 173 Å². The van der Waals surface area contributed by atoms with Gasteiger partial charge in [0.15, 0.2) is 0 Å². The second kappa shape index (κ2) is 8.07. The van der Waals surface area contributed by atoms with E-state index in [9.17, 15) is 4.39 Å². The van der Waals surface area contributed by atoms with Crippen LogP contribution in [0.5, 0.6) is 0 Å². The van der Waals surface area contributed by atoms with Crippen LogP contribution in [0.2, 0.25) is 5.02 Å². The minimum Gasteiger partial charge on any atom is -0.206 e. The van der Waals surface area contributed by atoms with Gasteiger partial charge in [-0.05, 0) is 59.3 Å². The molecule has 0 spiro atoms. The molecule has 0 unspecified atom stereocenters. The quantitative estimate of drug-likeness (QED) is 0.306. The van der Waals surface area contributed by atoms with Crippen molar-refractivity contribution in [3.63, 3.8) is 0 Å². The maximum atomic E-state index is 15.0. The van der Waals surface area contributed by atoms with Crippen LogP contribution in [0.15, 0.2) is 72.8 Å². The normalized spacial score (nSPS) is 10.6. The molecule has 0 aliphatic rings. The van der Waals surface area contributed by atoms with Gasteiger partial charge in [-0.2, -0.15) is 0 Å². The number of halogens is 3. The molecule has 4 rings (SSSR count). The van der Waals surface area contributed by atoms with Gasteiger partial charge in [0.1, 0.15) is 11.6 Å². The van der Waals surface area contributed by atoms with Gasteiger partial charge in [-0.1, -0.05) is 66.8 Å². The highest BCUT2D eigenvalue weighted by atomic mass is 35.5. The molecule has 0 saturated carbocycles. The average molecular weight is 403 g/mol. The predicted octanol–water partition coefficient (Wildman–Crippen LogP) is 7.40. The van der Waals surface area contributed by atoms with Gasteiger partial charge >= 0.3 is 0 Å². The summed E-state index contributed by atoms with van der Waals surface area (Å²) in [5, 5.41) is 1.23. The Balaban J connectivity index is 1.69. The lowest BCUT2D eigenvalue weighted by Crippen LogP contribution is -1.89. The molecule has 0 radical (unpaired) electrons. The number of hydrogen-bond donors (Lipinski definition) is 0. The number of fused-ring (bicyclic) bond motifs is 1. The Morgan fingerprint density at radius 3 is 2.24 bits per heavy atom. The van der Waals surface area contributed by atoms with E-state index < -0.39 is 5.82 Å². The molecule has 0 N–H and O–H groups in total. The van der Waals surface area contributed by atoms with Crippen LogP contribution in [-0.4, -0.2) is 0 Å². The molecule has 0 aliphatic heterocycles. The van der Waals surface area contributed by atoms with Gasteiger partial charge in [0.05, 0.1) is 5.02 Å². The fourth-order valence-corrected chi connectivity index (χ4v) is 3.34. The first kappa shape index (κ1) is 19.2. The Bertz CT molecular complexity index is 1260. The van der Waals surface area contributed by atoms with Crippen LogP contribution in [0, 0.1) is 23.5 Å². The standard InChI is InChI=1S/C26H17ClF2/c1-2-17-3-5-18(6-4-17)7-8-19-9-12-22-20(15-19)10-13-23(26(22)29)21-11-14-24(27)25(28)16-21/h3-6,9-16H,2H2,1H3. The topological polar surface area (TPSA) is 0 Å². The van der Waals surface area contributed by atoms with Gasteiger partial charge in [0, 0.05) is 22.1 Å². The SMILES string of the molecule is CCc1ccc(C#Cc2ccc3c(F)c(-c4ccc(Cl)c(F)c4)ccc3c2)cc1. The first-order valence-corrected chi connectivity index (χ1v) is 9.71. The molecule has 4 aromatic carbocycles. The summed E-state index contributed by atoms with van der Waals surface area (Å²) in [6.45, 7) is 2.11. The second-order valence-electron chi connectivity index (χ2n) is 6.79. The van der Waals surface area contributed by atoms with E-state index in [4.69, 9.17) is 11.6 Å². The molecule has 4 aromatic rings. The van der Waals surface area contributed by atoms with E-state index in [0.717, 1.165) is 22.9 Å². The van der Waals surface area contributed by atoms with Crippen molar-refractivity contribution >= 4 is 22.4 Å². The van der Waals surface area contributed by atoms with E-state index >= 15 is 4.39 Å². The highest BCUT2D eigenvalue weighted by Crippen LogP contribution is 2.31. The third kappa shape index (κ3) is 4.01. The molecule has 0 atom stereocenters. The first-order chi connectivity index (χ1) is 14.0. The van der Waals surface area contributed by atoms with Crippen molar-refractivity contribution in [2.45, 2.75) is 13.3 Å². The zero-order chi connectivity index (χ0) is 20.4. The maximum Gasteiger partial charge on any atom is 0.142 e. The summed E-state index contributed by atoms with van der Waals surface area (Å²) in [7, 11) is 0. The van der Waals surface area contributed by atoms with Crippen LogP contribution < -0.4 is 0 Å². The van der Waals surface area contributed by atoms with Gasteiger partial charge in [-0.25, -0.2) is 8.78 Å². The number of hydrogen-bond acceptors (Lipinski definition) is 0. The third-order valence-corrected chi connectivity index (χ3v) is 5.20. The second-order valence-corrected chi connectivity index (χ2v) is 7.20. The summed E-state index contributed by atoms with van der Waals surface area (Å²) in [5.41, 5.74) is 3.80. The van der Waals surface area contributed by atoms with Crippen molar-refractivity contribution in [3.05, 3.63) is 106 Å². The molecule has 142 valence electrons. The molecule has 0 heterocycles. The number of benzene rings is 4. The Kier molecular flexibility index (Phi) is 5.34. The molecular weight excluding hydrogens is 386 g/mol. The number of rotatable bonds is 2. The monoisotopic (exact) mass is 402 g/mol. The Morgan fingerprint density at radius 2 is 1.52 bits per heavy atom. The predicted molar refractivity (Wildman–Crippen MR) is 116 cm³/mol. The van der Waals surface area contributed by atoms with Crippen LogP contribution in [-0.2, 0) is 6.42 Å². The fourth-order valence-electron chi connectivity index (χ4n) is 3.22. The highest BCUT2D eigenvalue weighted by Gasteiger charge is 2.11. The lowest BCUT2D eigenvalue weighted by atomic mass is 9.99. The van der Waals surface area contributed by atoms with Gasteiger partial charge in [0.25, 0.3) is 0 Å². The van der Waals surface area contributed by atoms with E-state index in [1.807, 2.05) is 24.3 Å². The van der Waals surface area contributed by atoms with Gasteiger partial charge in [0.2, 0.25) is 0 Å². The Morgan fingerprint density at radius 1 is 0.793 bits per heavy atom. The maximum absolute atomic E-state index is 15.0. The molecular formula is C26H17ClF2. The summed E-state index contributed by atoms with van der Waals surface area (Å²) < 4.78 is 28.8.